The number of allylic oxidation sites excluding steroid dienone is 1. The van der Waals surface area contributed by atoms with Crippen LogP contribution in [0, 0.1) is 5.82 Å². The topological polar surface area (TPSA) is 111 Å². The molecule has 130 valence electrons. The number of benzene rings is 2. The maximum Gasteiger partial charge on any atom is 0.273 e. The number of carbonyl (C=O) groups excluding carboxylic acids is 2. The van der Waals surface area contributed by atoms with E-state index >= 15 is 0 Å². The summed E-state index contributed by atoms with van der Waals surface area (Å²) >= 11 is 0. The molecular formula is C17H16FN3O4. The predicted octanol–water partition coefficient (Wildman–Crippen LogP) is 2.01. The van der Waals surface area contributed by atoms with Crippen LogP contribution in [0.5, 0.6) is 11.5 Å². The zero-order valence-electron chi connectivity index (χ0n) is 13.2. The molecule has 0 heterocycles. The quantitative estimate of drug-likeness (QED) is 0.421. The van der Waals surface area contributed by atoms with E-state index in [4.69, 9.17) is 0 Å². The first-order chi connectivity index (χ1) is 11.8. The van der Waals surface area contributed by atoms with E-state index in [0.29, 0.717) is 11.4 Å². The van der Waals surface area contributed by atoms with Gasteiger partial charge in [0.2, 0.25) is 5.91 Å². The molecule has 0 saturated carbocycles. The second kappa shape index (κ2) is 7.82. The maximum absolute atomic E-state index is 13.0. The van der Waals surface area contributed by atoms with Gasteiger partial charge in [0.25, 0.3) is 5.91 Å². The summed E-state index contributed by atoms with van der Waals surface area (Å²) in [7, 11) is 0. The molecule has 2 aromatic rings. The van der Waals surface area contributed by atoms with E-state index in [2.05, 4.69) is 16.2 Å². The lowest BCUT2D eigenvalue weighted by Gasteiger charge is -2.10. The van der Waals surface area contributed by atoms with E-state index in [1.807, 2.05) is 0 Å². The summed E-state index contributed by atoms with van der Waals surface area (Å²) in [6.07, 6.45) is 1.17. The average Bonchev–Trinajstić information content (AvgIpc) is 2.52. The van der Waals surface area contributed by atoms with Gasteiger partial charge in [-0.15, -0.1) is 0 Å². The summed E-state index contributed by atoms with van der Waals surface area (Å²) in [5.41, 5.74) is 5.35. The summed E-state index contributed by atoms with van der Waals surface area (Å²) < 4.78 is 13.0. The third-order valence-corrected chi connectivity index (χ3v) is 3.04. The van der Waals surface area contributed by atoms with Crippen molar-refractivity contribution in [3.05, 3.63) is 65.6 Å². The molecule has 0 atom stereocenters. The van der Waals surface area contributed by atoms with Gasteiger partial charge in [-0.1, -0.05) is 6.07 Å². The molecule has 2 amide bonds. The van der Waals surface area contributed by atoms with Crippen LogP contribution in [0.3, 0.4) is 0 Å². The van der Waals surface area contributed by atoms with Crippen LogP contribution in [0.15, 0.2) is 54.2 Å². The third-order valence-electron chi connectivity index (χ3n) is 3.04. The zero-order valence-corrected chi connectivity index (χ0v) is 13.2. The molecular weight excluding hydrogens is 329 g/mol. The molecule has 8 heteroatoms. The lowest BCUT2D eigenvalue weighted by molar-refractivity contribution is -0.112. The number of amides is 2. The van der Waals surface area contributed by atoms with Crippen LogP contribution in [0.2, 0.25) is 0 Å². The van der Waals surface area contributed by atoms with Crippen molar-refractivity contribution in [1.82, 2.24) is 10.9 Å². The normalized spacial score (nSPS) is 10.9. The Morgan fingerprint density at radius 2 is 1.84 bits per heavy atom. The number of aromatic hydroxyl groups is 2. The highest BCUT2D eigenvalue weighted by Gasteiger charge is 2.11. The Labute approximate surface area is 142 Å². The fraction of sp³-hybridized carbons (Fsp3) is 0.0588. The number of carbonyl (C=O) groups is 2. The summed E-state index contributed by atoms with van der Waals surface area (Å²) in [4.78, 5) is 23.7. The molecule has 2 rings (SSSR count). The van der Waals surface area contributed by atoms with Gasteiger partial charge >= 0.3 is 0 Å². The van der Waals surface area contributed by atoms with Crippen LogP contribution in [0.4, 0.5) is 10.1 Å². The molecule has 0 aliphatic rings. The molecule has 0 aromatic heterocycles. The van der Waals surface area contributed by atoms with Crippen LogP contribution < -0.4 is 16.2 Å². The molecule has 0 unspecified atom stereocenters. The molecule has 0 spiro atoms. The Balaban J connectivity index is 1.92. The molecule has 2 aromatic carbocycles. The fourth-order valence-corrected chi connectivity index (χ4v) is 1.91. The van der Waals surface area contributed by atoms with Crippen molar-refractivity contribution in [3.63, 3.8) is 0 Å². The SMILES string of the molecule is CC(=CC(=O)Nc1cccc(F)c1)NNC(=O)c1ccc(O)cc1O. The largest absolute Gasteiger partial charge is 0.508 e. The van der Waals surface area contributed by atoms with Crippen molar-refractivity contribution in [1.29, 1.82) is 0 Å². The van der Waals surface area contributed by atoms with Crippen LogP contribution in [0.1, 0.15) is 17.3 Å². The minimum absolute atomic E-state index is 0.0534. The Kier molecular flexibility index (Phi) is 5.57. The second-order valence-corrected chi connectivity index (χ2v) is 5.11. The lowest BCUT2D eigenvalue weighted by atomic mass is 10.2. The molecule has 5 N–H and O–H groups in total. The highest BCUT2D eigenvalue weighted by atomic mass is 19.1. The Hall–Kier alpha value is -3.55. The van der Waals surface area contributed by atoms with Gasteiger partial charge in [0.1, 0.15) is 17.3 Å². The molecule has 0 aliphatic carbocycles. The molecule has 0 radical (unpaired) electrons. The molecule has 0 bridgehead atoms. The molecule has 25 heavy (non-hydrogen) atoms. The summed E-state index contributed by atoms with van der Waals surface area (Å²) in [6.45, 7) is 1.53. The van der Waals surface area contributed by atoms with Crippen LogP contribution >= 0.6 is 0 Å². The van der Waals surface area contributed by atoms with Gasteiger partial charge in [-0.3, -0.25) is 15.0 Å². The van der Waals surface area contributed by atoms with E-state index in [9.17, 15) is 24.2 Å². The lowest BCUT2D eigenvalue weighted by Crippen LogP contribution is -2.36. The number of hydrogen-bond acceptors (Lipinski definition) is 5. The van der Waals surface area contributed by atoms with Crippen molar-refractivity contribution in [2.24, 2.45) is 0 Å². The van der Waals surface area contributed by atoms with Gasteiger partial charge in [-0.05, 0) is 37.3 Å². The first-order valence-corrected chi connectivity index (χ1v) is 7.18. The highest BCUT2D eigenvalue weighted by molar-refractivity contribution is 6.00. The predicted molar refractivity (Wildman–Crippen MR) is 89.2 cm³/mol. The van der Waals surface area contributed by atoms with Gasteiger partial charge in [-0.2, -0.15) is 0 Å². The number of anilines is 1. The van der Waals surface area contributed by atoms with Crippen LogP contribution in [-0.2, 0) is 4.79 Å². The fourth-order valence-electron chi connectivity index (χ4n) is 1.91. The first-order valence-electron chi connectivity index (χ1n) is 7.18. The summed E-state index contributed by atoms with van der Waals surface area (Å²) in [5.74, 6) is -2.21. The van der Waals surface area contributed by atoms with Crippen molar-refractivity contribution >= 4 is 17.5 Å². The highest BCUT2D eigenvalue weighted by Crippen LogP contribution is 2.22. The summed E-state index contributed by atoms with van der Waals surface area (Å²) in [6, 6.07) is 8.96. The van der Waals surface area contributed by atoms with E-state index in [-0.39, 0.29) is 17.1 Å². The van der Waals surface area contributed by atoms with Crippen molar-refractivity contribution in [3.8, 4) is 11.5 Å². The standard InChI is InChI=1S/C17H16FN3O4/c1-10(7-16(24)19-12-4-2-3-11(18)8-12)20-21-17(25)14-6-5-13(22)9-15(14)23/h2-9,20,22-23H,1H3,(H,19,24)(H,21,25). The maximum atomic E-state index is 13.0. The van der Waals surface area contributed by atoms with Gasteiger partial charge < -0.3 is 21.0 Å². The molecule has 7 nitrogen and oxygen atoms in total. The van der Waals surface area contributed by atoms with Crippen molar-refractivity contribution in [2.45, 2.75) is 6.92 Å². The number of phenols is 2. The van der Waals surface area contributed by atoms with E-state index in [0.717, 1.165) is 6.07 Å². The number of hydrazine groups is 1. The first kappa shape index (κ1) is 17.8. The number of nitrogens with one attached hydrogen (secondary N) is 3. The monoisotopic (exact) mass is 345 g/mol. The molecule has 0 fully saturated rings. The zero-order chi connectivity index (χ0) is 18.4. The van der Waals surface area contributed by atoms with Gasteiger partial charge in [0, 0.05) is 23.5 Å². The second-order valence-electron chi connectivity index (χ2n) is 5.11. The average molecular weight is 345 g/mol. The minimum atomic E-state index is -0.657. The van der Waals surface area contributed by atoms with Crippen LogP contribution in [-0.4, -0.2) is 22.0 Å². The van der Waals surface area contributed by atoms with Gasteiger partial charge in [0.05, 0.1) is 5.56 Å². The number of phenolic OH excluding ortho intramolecular Hbond substituents is 2. The Bertz CT molecular complexity index is 836. The summed E-state index contributed by atoms with van der Waals surface area (Å²) in [5, 5.41) is 21.3. The van der Waals surface area contributed by atoms with Crippen molar-refractivity contribution < 1.29 is 24.2 Å². The van der Waals surface area contributed by atoms with Crippen molar-refractivity contribution in [2.75, 3.05) is 5.32 Å². The Morgan fingerprint density at radius 1 is 1.08 bits per heavy atom. The smallest absolute Gasteiger partial charge is 0.273 e. The van der Waals surface area contributed by atoms with E-state index in [1.54, 1.807) is 0 Å². The minimum Gasteiger partial charge on any atom is -0.508 e. The van der Waals surface area contributed by atoms with E-state index in [1.165, 1.54) is 49.4 Å². The van der Waals surface area contributed by atoms with E-state index < -0.39 is 17.6 Å². The number of rotatable bonds is 5. The van der Waals surface area contributed by atoms with Gasteiger partial charge in [-0.25, -0.2) is 4.39 Å². The molecule has 0 saturated heterocycles. The van der Waals surface area contributed by atoms with Crippen LogP contribution in [0.25, 0.3) is 0 Å². The molecule has 0 aliphatic heterocycles. The number of hydrogen-bond donors (Lipinski definition) is 5. The number of halogens is 1. The Morgan fingerprint density at radius 3 is 2.52 bits per heavy atom. The van der Waals surface area contributed by atoms with Gasteiger partial charge in [0.15, 0.2) is 0 Å². The third kappa shape index (κ3) is 5.24.